The highest BCUT2D eigenvalue weighted by molar-refractivity contribution is 9.10. The molecule has 2 aromatic rings. The average Bonchev–Trinajstić information content (AvgIpc) is 2.93. The number of nitrogens with one attached hydrogen (secondary N) is 2. The Morgan fingerprint density at radius 3 is 3.00 bits per heavy atom. The molecule has 20 heavy (non-hydrogen) atoms. The summed E-state index contributed by atoms with van der Waals surface area (Å²) in [5, 5.41) is 11.4. The van der Waals surface area contributed by atoms with Crippen LogP contribution in [-0.2, 0) is 6.54 Å². The number of fused-ring (bicyclic) bond motifs is 1. The van der Waals surface area contributed by atoms with Gasteiger partial charge in [0.2, 0.25) is 0 Å². The minimum Gasteiger partial charge on any atom is -0.370 e. The molecular weight excluding hydrogens is 316 g/mol. The first-order valence-electron chi connectivity index (χ1n) is 6.97. The van der Waals surface area contributed by atoms with E-state index < -0.39 is 0 Å². The van der Waals surface area contributed by atoms with E-state index in [2.05, 4.69) is 62.9 Å². The van der Waals surface area contributed by atoms with E-state index in [1.165, 1.54) is 5.56 Å². The van der Waals surface area contributed by atoms with Crippen molar-refractivity contribution in [3.05, 3.63) is 46.6 Å². The van der Waals surface area contributed by atoms with Gasteiger partial charge in [-0.3, -0.25) is 0 Å². The van der Waals surface area contributed by atoms with Gasteiger partial charge in [-0.05, 0) is 24.6 Å². The standard InChI is InChI=1S/C15H19BrN4/c1-11(13-2-4-14(16)5-3-13)17-8-12-9-18-15-6-7-19-20(15)10-12/h2-7,11-12,17-18H,8-10H2,1H3/t11-,12+/m1/s1. The van der Waals surface area contributed by atoms with Crippen LogP contribution >= 0.6 is 15.9 Å². The van der Waals surface area contributed by atoms with Crippen LogP contribution in [0.3, 0.4) is 0 Å². The van der Waals surface area contributed by atoms with Crippen molar-refractivity contribution >= 4 is 21.7 Å². The molecule has 1 aliphatic heterocycles. The van der Waals surface area contributed by atoms with Gasteiger partial charge in [-0.1, -0.05) is 28.1 Å². The second-order valence-electron chi connectivity index (χ2n) is 5.33. The highest BCUT2D eigenvalue weighted by Crippen LogP contribution is 2.19. The third-order valence-electron chi connectivity index (χ3n) is 3.80. The van der Waals surface area contributed by atoms with Gasteiger partial charge in [0.05, 0.1) is 6.20 Å². The maximum absolute atomic E-state index is 4.32. The van der Waals surface area contributed by atoms with E-state index in [1.54, 1.807) is 0 Å². The number of halogens is 1. The SMILES string of the molecule is C[C@@H](NC[C@H]1CNc2ccnn2C1)c1ccc(Br)cc1. The third kappa shape index (κ3) is 3.04. The van der Waals surface area contributed by atoms with Gasteiger partial charge in [0.1, 0.15) is 5.82 Å². The zero-order valence-corrected chi connectivity index (χ0v) is 13.1. The van der Waals surface area contributed by atoms with E-state index in [9.17, 15) is 0 Å². The molecule has 0 saturated carbocycles. The molecule has 1 aromatic carbocycles. The molecule has 0 spiro atoms. The third-order valence-corrected chi connectivity index (χ3v) is 4.33. The lowest BCUT2D eigenvalue weighted by Crippen LogP contribution is -2.36. The van der Waals surface area contributed by atoms with Crippen LogP contribution < -0.4 is 10.6 Å². The first-order valence-corrected chi connectivity index (χ1v) is 7.76. The summed E-state index contributed by atoms with van der Waals surface area (Å²) in [7, 11) is 0. The average molecular weight is 335 g/mol. The fraction of sp³-hybridized carbons (Fsp3) is 0.400. The molecule has 4 nitrogen and oxygen atoms in total. The number of hydrogen-bond acceptors (Lipinski definition) is 3. The van der Waals surface area contributed by atoms with Crippen molar-refractivity contribution in [2.75, 3.05) is 18.4 Å². The number of aromatic nitrogens is 2. The van der Waals surface area contributed by atoms with Crippen LogP contribution in [-0.4, -0.2) is 22.9 Å². The number of benzene rings is 1. The van der Waals surface area contributed by atoms with E-state index >= 15 is 0 Å². The summed E-state index contributed by atoms with van der Waals surface area (Å²) in [6.45, 7) is 5.18. The van der Waals surface area contributed by atoms with Crippen molar-refractivity contribution in [2.45, 2.75) is 19.5 Å². The number of nitrogens with zero attached hydrogens (tertiary/aromatic N) is 2. The van der Waals surface area contributed by atoms with Crippen LogP contribution in [0, 0.1) is 5.92 Å². The molecule has 0 unspecified atom stereocenters. The Kier molecular flexibility index (Phi) is 4.08. The predicted octanol–water partition coefficient (Wildman–Crippen LogP) is 3.04. The first kappa shape index (κ1) is 13.6. The maximum atomic E-state index is 4.32. The second kappa shape index (κ2) is 5.97. The summed E-state index contributed by atoms with van der Waals surface area (Å²) in [5.41, 5.74) is 1.32. The van der Waals surface area contributed by atoms with E-state index in [-0.39, 0.29) is 0 Å². The lowest BCUT2D eigenvalue weighted by molar-refractivity contribution is 0.376. The fourth-order valence-electron chi connectivity index (χ4n) is 2.54. The van der Waals surface area contributed by atoms with Crippen LogP contribution in [0.4, 0.5) is 5.82 Å². The van der Waals surface area contributed by atoms with Crippen molar-refractivity contribution in [1.29, 1.82) is 0 Å². The zero-order valence-electron chi connectivity index (χ0n) is 11.5. The Morgan fingerprint density at radius 2 is 2.20 bits per heavy atom. The van der Waals surface area contributed by atoms with E-state index in [4.69, 9.17) is 0 Å². The highest BCUT2D eigenvalue weighted by Gasteiger charge is 2.18. The van der Waals surface area contributed by atoms with Crippen LogP contribution in [0.2, 0.25) is 0 Å². The van der Waals surface area contributed by atoms with Crippen molar-refractivity contribution in [2.24, 2.45) is 5.92 Å². The molecule has 1 aromatic heterocycles. The second-order valence-corrected chi connectivity index (χ2v) is 6.24. The summed E-state index contributed by atoms with van der Waals surface area (Å²) in [4.78, 5) is 0. The lowest BCUT2D eigenvalue weighted by atomic mass is 10.1. The zero-order chi connectivity index (χ0) is 13.9. The smallest absolute Gasteiger partial charge is 0.124 e. The van der Waals surface area contributed by atoms with E-state index in [0.29, 0.717) is 12.0 Å². The van der Waals surface area contributed by atoms with Crippen LogP contribution in [0.5, 0.6) is 0 Å². The molecule has 0 amide bonds. The summed E-state index contributed by atoms with van der Waals surface area (Å²) in [6, 6.07) is 10.9. The molecule has 0 bridgehead atoms. The topological polar surface area (TPSA) is 41.9 Å². The predicted molar refractivity (Wildman–Crippen MR) is 84.8 cm³/mol. The molecule has 5 heteroatoms. The Bertz CT molecular complexity index is 564. The lowest BCUT2D eigenvalue weighted by Gasteiger charge is -2.26. The first-order chi connectivity index (χ1) is 9.72. The van der Waals surface area contributed by atoms with Crippen molar-refractivity contribution in [3.63, 3.8) is 0 Å². The van der Waals surface area contributed by atoms with Crippen molar-refractivity contribution in [1.82, 2.24) is 15.1 Å². The molecule has 0 aliphatic carbocycles. The Hall–Kier alpha value is -1.33. The Morgan fingerprint density at radius 1 is 1.40 bits per heavy atom. The van der Waals surface area contributed by atoms with Gasteiger partial charge in [-0.2, -0.15) is 5.10 Å². The van der Waals surface area contributed by atoms with Crippen LogP contribution in [0.15, 0.2) is 41.0 Å². The van der Waals surface area contributed by atoms with E-state index in [1.807, 2.05) is 16.9 Å². The van der Waals surface area contributed by atoms with Crippen molar-refractivity contribution in [3.8, 4) is 0 Å². The van der Waals surface area contributed by atoms with Crippen LogP contribution in [0.1, 0.15) is 18.5 Å². The number of rotatable bonds is 4. The van der Waals surface area contributed by atoms with Gasteiger partial charge in [0.15, 0.2) is 0 Å². The number of hydrogen-bond donors (Lipinski definition) is 2. The Labute approximate surface area is 127 Å². The quantitative estimate of drug-likeness (QED) is 0.902. The fourth-order valence-corrected chi connectivity index (χ4v) is 2.80. The molecule has 106 valence electrons. The normalized spacial score (nSPS) is 19.2. The summed E-state index contributed by atoms with van der Waals surface area (Å²) in [6.07, 6.45) is 1.85. The molecule has 1 aliphatic rings. The summed E-state index contributed by atoms with van der Waals surface area (Å²) >= 11 is 3.47. The molecule has 0 fully saturated rings. The van der Waals surface area contributed by atoms with Crippen LogP contribution in [0.25, 0.3) is 0 Å². The Balaban J connectivity index is 1.54. The molecule has 0 saturated heterocycles. The van der Waals surface area contributed by atoms with Gasteiger partial charge in [-0.25, -0.2) is 4.68 Å². The highest BCUT2D eigenvalue weighted by atomic mass is 79.9. The minimum absolute atomic E-state index is 0.363. The van der Waals surface area contributed by atoms with Gasteiger partial charge >= 0.3 is 0 Å². The maximum Gasteiger partial charge on any atom is 0.124 e. The summed E-state index contributed by atoms with van der Waals surface area (Å²) in [5.74, 6) is 1.70. The minimum atomic E-state index is 0.363. The molecule has 2 heterocycles. The van der Waals surface area contributed by atoms with E-state index in [0.717, 1.165) is 29.9 Å². The molecule has 3 rings (SSSR count). The van der Waals surface area contributed by atoms with Gasteiger partial charge in [-0.15, -0.1) is 0 Å². The largest absolute Gasteiger partial charge is 0.370 e. The van der Waals surface area contributed by atoms with Gasteiger partial charge in [0.25, 0.3) is 0 Å². The van der Waals surface area contributed by atoms with Crippen molar-refractivity contribution < 1.29 is 0 Å². The van der Waals surface area contributed by atoms with Gasteiger partial charge < -0.3 is 10.6 Å². The molecule has 0 radical (unpaired) electrons. The van der Waals surface area contributed by atoms with Gasteiger partial charge in [0, 0.05) is 42.1 Å². The molecule has 2 N–H and O–H groups in total. The summed E-state index contributed by atoms with van der Waals surface area (Å²) < 4.78 is 3.16. The monoisotopic (exact) mass is 334 g/mol. The molecule has 2 atom stereocenters. The molecular formula is C15H19BrN4. The number of anilines is 1.